The van der Waals surface area contributed by atoms with E-state index in [1.807, 2.05) is 44.4 Å². The first-order chi connectivity index (χ1) is 8.74. The molecule has 0 saturated carbocycles. The highest BCUT2D eigenvalue weighted by Gasteiger charge is 2.06. The van der Waals surface area contributed by atoms with Crippen molar-refractivity contribution in [3.05, 3.63) is 35.9 Å². The van der Waals surface area contributed by atoms with E-state index in [4.69, 9.17) is 4.74 Å². The lowest BCUT2D eigenvalue weighted by Gasteiger charge is -2.17. The molecule has 0 fully saturated rings. The van der Waals surface area contributed by atoms with Gasteiger partial charge in [-0.05, 0) is 12.6 Å². The highest BCUT2D eigenvalue weighted by molar-refractivity contribution is 5.76. The molecule has 1 aromatic rings. The van der Waals surface area contributed by atoms with Crippen molar-refractivity contribution in [3.8, 4) is 0 Å². The molecule has 0 spiro atoms. The molecule has 4 nitrogen and oxygen atoms in total. The Morgan fingerprint density at radius 2 is 2.06 bits per heavy atom. The van der Waals surface area contributed by atoms with Crippen LogP contribution in [0, 0.1) is 0 Å². The zero-order valence-electron chi connectivity index (χ0n) is 11.2. The van der Waals surface area contributed by atoms with Crippen molar-refractivity contribution in [2.45, 2.75) is 13.0 Å². The number of hydrogen-bond donors (Lipinski definition) is 1. The van der Waals surface area contributed by atoms with Crippen molar-refractivity contribution in [2.75, 3.05) is 33.8 Å². The molecule has 0 radical (unpaired) electrons. The van der Waals surface area contributed by atoms with Gasteiger partial charge in [0.2, 0.25) is 5.91 Å². The number of amides is 1. The molecule has 0 atom stereocenters. The summed E-state index contributed by atoms with van der Waals surface area (Å²) in [5.41, 5.74) is 1.15. The Kier molecular flexibility index (Phi) is 7.06. The summed E-state index contributed by atoms with van der Waals surface area (Å²) >= 11 is 0. The van der Waals surface area contributed by atoms with Gasteiger partial charge in [0.1, 0.15) is 0 Å². The lowest BCUT2D eigenvalue weighted by Crippen LogP contribution is -2.31. The van der Waals surface area contributed by atoms with Gasteiger partial charge in [0.05, 0.1) is 13.2 Å². The molecule has 1 N–H and O–H groups in total. The maximum atomic E-state index is 11.6. The van der Waals surface area contributed by atoms with Gasteiger partial charge in [0.15, 0.2) is 0 Å². The van der Waals surface area contributed by atoms with Crippen molar-refractivity contribution >= 4 is 5.91 Å². The summed E-state index contributed by atoms with van der Waals surface area (Å²) in [6.45, 7) is 2.51. The van der Waals surface area contributed by atoms with Gasteiger partial charge in [-0.2, -0.15) is 0 Å². The molecule has 1 rings (SSSR count). The van der Waals surface area contributed by atoms with Crippen LogP contribution in [-0.4, -0.2) is 44.6 Å². The molecular formula is C14H22N2O2. The van der Waals surface area contributed by atoms with Crippen LogP contribution >= 0.6 is 0 Å². The second-order valence-electron chi connectivity index (χ2n) is 4.21. The molecule has 0 bridgehead atoms. The summed E-state index contributed by atoms with van der Waals surface area (Å²) in [6, 6.07) is 10.0. The number of carbonyl (C=O) groups excluding carboxylic acids is 1. The summed E-state index contributed by atoms with van der Waals surface area (Å²) in [5, 5.41) is 2.96. The Morgan fingerprint density at radius 3 is 2.72 bits per heavy atom. The van der Waals surface area contributed by atoms with Crippen molar-refractivity contribution < 1.29 is 9.53 Å². The first-order valence-corrected chi connectivity index (χ1v) is 6.24. The third kappa shape index (κ3) is 5.80. The molecule has 0 aromatic heterocycles. The normalized spacial score (nSPS) is 10.3. The van der Waals surface area contributed by atoms with Gasteiger partial charge in [-0.25, -0.2) is 0 Å². The molecule has 0 unspecified atom stereocenters. The number of carbonyl (C=O) groups is 1. The van der Waals surface area contributed by atoms with Crippen LogP contribution in [0.25, 0.3) is 0 Å². The predicted octanol–water partition coefficient (Wildman–Crippen LogP) is 1.27. The zero-order valence-corrected chi connectivity index (χ0v) is 11.2. The van der Waals surface area contributed by atoms with Crippen molar-refractivity contribution in [2.24, 2.45) is 0 Å². The lowest BCUT2D eigenvalue weighted by molar-refractivity contribution is -0.130. The van der Waals surface area contributed by atoms with Crippen LogP contribution in [-0.2, 0) is 16.1 Å². The van der Waals surface area contributed by atoms with Crippen LogP contribution in [0.4, 0.5) is 0 Å². The van der Waals surface area contributed by atoms with Gasteiger partial charge in [-0.1, -0.05) is 30.3 Å². The number of hydrogen-bond acceptors (Lipinski definition) is 3. The van der Waals surface area contributed by atoms with Gasteiger partial charge in [0, 0.05) is 26.6 Å². The second kappa shape index (κ2) is 8.66. The molecule has 1 aromatic carbocycles. The minimum atomic E-state index is 0.146. The van der Waals surface area contributed by atoms with E-state index in [0.717, 1.165) is 5.56 Å². The van der Waals surface area contributed by atoms with Gasteiger partial charge in [-0.3, -0.25) is 4.79 Å². The van der Waals surface area contributed by atoms with E-state index >= 15 is 0 Å². The summed E-state index contributed by atoms with van der Waals surface area (Å²) in [6.07, 6.45) is 0.533. The molecule has 4 heteroatoms. The number of nitrogens with one attached hydrogen (secondary N) is 1. The Bertz CT molecular complexity index is 341. The largest absolute Gasteiger partial charge is 0.375 e. The van der Waals surface area contributed by atoms with E-state index in [-0.39, 0.29) is 5.91 Å². The van der Waals surface area contributed by atoms with Crippen LogP contribution < -0.4 is 5.32 Å². The van der Waals surface area contributed by atoms with Gasteiger partial charge in [0.25, 0.3) is 0 Å². The SMILES string of the molecule is CNCCC(=O)N(C)CCOCc1ccccc1. The van der Waals surface area contributed by atoms with E-state index in [1.165, 1.54) is 0 Å². The molecule has 0 aliphatic rings. The molecule has 0 heterocycles. The van der Waals surface area contributed by atoms with Gasteiger partial charge >= 0.3 is 0 Å². The Morgan fingerprint density at radius 1 is 1.33 bits per heavy atom. The smallest absolute Gasteiger partial charge is 0.223 e. The number of likely N-dealkylation sites (N-methyl/N-ethyl adjacent to an activating group) is 1. The Labute approximate surface area is 109 Å². The van der Waals surface area contributed by atoms with E-state index in [9.17, 15) is 4.79 Å². The van der Waals surface area contributed by atoms with Crippen LogP contribution in [0.15, 0.2) is 30.3 Å². The molecular weight excluding hydrogens is 228 g/mol. The van der Waals surface area contributed by atoms with Gasteiger partial charge < -0.3 is 15.0 Å². The Balaban J connectivity index is 2.12. The van der Waals surface area contributed by atoms with Crippen LogP contribution in [0.2, 0.25) is 0 Å². The maximum absolute atomic E-state index is 11.6. The van der Waals surface area contributed by atoms with Gasteiger partial charge in [-0.15, -0.1) is 0 Å². The van der Waals surface area contributed by atoms with E-state index in [2.05, 4.69) is 5.32 Å². The molecule has 1 amide bonds. The van der Waals surface area contributed by atoms with Crippen molar-refractivity contribution in [1.82, 2.24) is 10.2 Å². The summed E-state index contributed by atoms with van der Waals surface area (Å²) in [5.74, 6) is 0.146. The van der Waals surface area contributed by atoms with Crippen LogP contribution in [0.5, 0.6) is 0 Å². The molecule has 0 aliphatic carbocycles. The first kappa shape index (κ1) is 14.7. The highest BCUT2D eigenvalue weighted by atomic mass is 16.5. The van der Waals surface area contributed by atoms with E-state index in [0.29, 0.717) is 32.7 Å². The molecule has 0 aliphatic heterocycles. The van der Waals surface area contributed by atoms with Crippen LogP contribution in [0.3, 0.4) is 0 Å². The molecule has 18 heavy (non-hydrogen) atoms. The highest BCUT2D eigenvalue weighted by Crippen LogP contribution is 2.00. The zero-order chi connectivity index (χ0) is 13.2. The minimum absolute atomic E-state index is 0.146. The lowest BCUT2D eigenvalue weighted by atomic mass is 10.2. The molecule has 100 valence electrons. The third-order valence-electron chi connectivity index (χ3n) is 2.70. The average Bonchev–Trinajstić information content (AvgIpc) is 2.41. The first-order valence-electron chi connectivity index (χ1n) is 6.24. The summed E-state index contributed by atoms with van der Waals surface area (Å²) in [7, 11) is 3.65. The number of rotatable bonds is 8. The quantitative estimate of drug-likeness (QED) is 0.707. The fraction of sp³-hybridized carbons (Fsp3) is 0.500. The van der Waals surface area contributed by atoms with Crippen LogP contribution in [0.1, 0.15) is 12.0 Å². The van der Waals surface area contributed by atoms with Crippen molar-refractivity contribution in [1.29, 1.82) is 0 Å². The number of ether oxygens (including phenoxy) is 1. The van der Waals surface area contributed by atoms with E-state index < -0.39 is 0 Å². The average molecular weight is 250 g/mol. The topological polar surface area (TPSA) is 41.6 Å². The van der Waals surface area contributed by atoms with E-state index in [1.54, 1.807) is 4.90 Å². The monoisotopic (exact) mass is 250 g/mol. The molecule has 0 saturated heterocycles. The van der Waals surface area contributed by atoms with Crippen molar-refractivity contribution in [3.63, 3.8) is 0 Å². The standard InChI is InChI=1S/C14H22N2O2/c1-15-9-8-14(17)16(2)10-11-18-12-13-6-4-3-5-7-13/h3-7,15H,8-12H2,1-2H3. The predicted molar refractivity (Wildman–Crippen MR) is 72.3 cm³/mol. The maximum Gasteiger partial charge on any atom is 0.223 e. The second-order valence-corrected chi connectivity index (χ2v) is 4.21. The third-order valence-corrected chi connectivity index (χ3v) is 2.70. The summed E-state index contributed by atoms with van der Waals surface area (Å²) in [4.78, 5) is 13.3. The Hall–Kier alpha value is -1.39. The summed E-state index contributed by atoms with van der Waals surface area (Å²) < 4.78 is 5.54. The fourth-order valence-corrected chi connectivity index (χ4v) is 1.51. The number of nitrogens with zero attached hydrogens (tertiary/aromatic N) is 1. The number of benzene rings is 1. The fourth-order valence-electron chi connectivity index (χ4n) is 1.51. The minimum Gasteiger partial charge on any atom is -0.375 e.